The van der Waals surface area contributed by atoms with E-state index in [1.807, 2.05) is 0 Å². The van der Waals surface area contributed by atoms with Crippen molar-refractivity contribution < 1.29 is 26.4 Å². The van der Waals surface area contributed by atoms with E-state index in [0.29, 0.717) is 28.1 Å². The third-order valence-electron chi connectivity index (χ3n) is 6.61. The third kappa shape index (κ3) is 5.33. The fourth-order valence-corrected chi connectivity index (χ4v) is 6.25. The third-order valence-corrected chi connectivity index (χ3v) is 8.45. The van der Waals surface area contributed by atoms with Crippen molar-refractivity contribution in [3.8, 4) is 11.1 Å². The van der Waals surface area contributed by atoms with Gasteiger partial charge >= 0.3 is 6.18 Å². The summed E-state index contributed by atoms with van der Waals surface area (Å²) >= 11 is 0. The zero-order chi connectivity index (χ0) is 27.8. The van der Waals surface area contributed by atoms with Gasteiger partial charge in [0.25, 0.3) is 10.0 Å². The van der Waals surface area contributed by atoms with Gasteiger partial charge in [-0.25, -0.2) is 8.42 Å². The van der Waals surface area contributed by atoms with E-state index in [4.69, 9.17) is 5.73 Å². The Labute approximate surface area is 223 Å². The molecule has 39 heavy (non-hydrogen) atoms. The van der Waals surface area contributed by atoms with Crippen molar-refractivity contribution in [2.24, 2.45) is 0 Å². The molecule has 10 heteroatoms. The average molecular weight is 552 g/mol. The number of hydrogen-bond acceptors (Lipinski definition) is 4. The van der Waals surface area contributed by atoms with Gasteiger partial charge in [0, 0.05) is 18.7 Å². The molecule has 3 N–H and O–H groups in total. The highest BCUT2D eigenvalue weighted by Crippen LogP contribution is 2.38. The van der Waals surface area contributed by atoms with Gasteiger partial charge in [0.05, 0.1) is 16.1 Å². The van der Waals surface area contributed by atoms with Gasteiger partial charge in [-0.05, 0) is 64.7 Å². The molecule has 1 amide bonds. The standard InChI is InChI=1S/C29H24F3N3O3S/c30-29(31,32)23-6-3-5-21(16-23)20-10-14-25(15-11-20)39(37,38)35-26-7-2-1-4-22(26)17-27(35)28(36)34-18-19-8-12-24(33)13-9-19/h1-16,27H,17-18,33H2,(H,34,36)/t27-/m0/s1. The first-order valence-electron chi connectivity index (χ1n) is 12.1. The molecule has 200 valence electrons. The van der Waals surface area contributed by atoms with Gasteiger partial charge in [0.2, 0.25) is 5.91 Å². The number of nitrogens with one attached hydrogen (secondary N) is 1. The number of para-hydroxylation sites is 1. The van der Waals surface area contributed by atoms with Crippen LogP contribution in [0.25, 0.3) is 11.1 Å². The summed E-state index contributed by atoms with van der Waals surface area (Å²) in [5.41, 5.74) is 8.18. The van der Waals surface area contributed by atoms with Crippen LogP contribution in [0.1, 0.15) is 16.7 Å². The fraction of sp³-hybridized carbons (Fsp3) is 0.138. The predicted molar refractivity (Wildman–Crippen MR) is 143 cm³/mol. The summed E-state index contributed by atoms with van der Waals surface area (Å²) in [7, 11) is -4.19. The minimum Gasteiger partial charge on any atom is -0.399 e. The first kappa shape index (κ1) is 26.3. The lowest BCUT2D eigenvalue weighted by atomic mass is 10.0. The number of nitrogens with two attached hydrogens (primary N) is 1. The van der Waals surface area contributed by atoms with Crippen molar-refractivity contribution >= 4 is 27.3 Å². The molecule has 6 nitrogen and oxygen atoms in total. The lowest BCUT2D eigenvalue weighted by molar-refractivity contribution is -0.137. The molecule has 0 unspecified atom stereocenters. The first-order valence-corrected chi connectivity index (χ1v) is 13.5. The van der Waals surface area contributed by atoms with Crippen molar-refractivity contribution in [3.63, 3.8) is 0 Å². The monoisotopic (exact) mass is 551 g/mol. The van der Waals surface area contributed by atoms with Gasteiger partial charge in [0.1, 0.15) is 6.04 Å². The van der Waals surface area contributed by atoms with E-state index in [1.165, 1.54) is 36.4 Å². The number of carbonyl (C=O) groups is 1. The minimum atomic E-state index is -4.49. The Morgan fingerprint density at radius 1 is 0.897 bits per heavy atom. The lowest BCUT2D eigenvalue weighted by Gasteiger charge is -2.26. The van der Waals surface area contributed by atoms with E-state index >= 15 is 0 Å². The molecule has 1 aliphatic rings. The highest BCUT2D eigenvalue weighted by atomic mass is 32.2. The summed E-state index contributed by atoms with van der Waals surface area (Å²) in [6.45, 7) is 0.200. The van der Waals surface area contributed by atoms with Crippen LogP contribution in [0, 0.1) is 0 Å². The molecule has 5 rings (SSSR count). The molecule has 0 bridgehead atoms. The molecule has 0 radical (unpaired) electrons. The van der Waals surface area contributed by atoms with Crippen molar-refractivity contribution in [3.05, 3.63) is 114 Å². The smallest absolute Gasteiger partial charge is 0.399 e. The highest BCUT2D eigenvalue weighted by Gasteiger charge is 2.42. The summed E-state index contributed by atoms with van der Waals surface area (Å²) in [6, 6.07) is 23.3. The van der Waals surface area contributed by atoms with Crippen LogP contribution in [0.2, 0.25) is 0 Å². The van der Waals surface area contributed by atoms with Gasteiger partial charge in [0.15, 0.2) is 0 Å². The average Bonchev–Trinajstić information content (AvgIpc) is 3.33. The van der Waals surface area contributed by atoms with Crippen LogP contribution in [-0.4, -0.2) is 20.4 Å². The zero-order valence-corrected chi connectivity index (χ0v) is 21.3. The molecule has 0 saturated carbocycles. The Kier molecular flexibility index (Phi) is 6.82. The number of nitrogen functional groups attached to an aromatic ring is 1. The molecule has 0 aromatic heterocycles. The maximum absolute atomic E-state index is 13.8. The number of hydrogen-bond donors (Lipinski definition) is 2. The number of benzene rings is 4. The molecule has 0 aliphatic carbocycles. The second-order valence-corrected chi connectivity index (χ2v) is 11.0. The van der Waals surface area contributed by atoms with Crippen molar-refractivity contribution in [2.75, 3.05) is 10.0 Å². The number of rotatable bonds is 6. The summed E-state index contributed by atoms with van der Waals surface area (Å²) < 4.78 is 68.2. The summed E-state index contributed by atoms with van der Waals surface area (Å²) in [6.07, 6.45) is -4.29. The lowest BCUT2D eigenvalue weighted by Crippen LogP contribution is -2.47. The van der Waals surface area contributed by atoms with Gasteiger partial charge in [-0.15, -0.1) is 0 Å². The van der Waals surface area contributed by atoms with E-state index in [9.17, 15) is 26.4 Å². The first-order chi connectivity index (χ1) is 18.5. The van der Waals surface area contributed by atoms with Crippen LogP contribution in [0.4, 0.5) is 24.5 Å². The number of fused-ring (bicyclic) bond motifs is 1. The van der Waals surface area contributed by atoms with E-state index in [-0.39, 0.29) is 17.9 Å². The molecular formula is C29H24F3N3O3S. The van der Waals surface area contributed by atoms with Crippen LogP contribution in [0.3, 0.4) is 0 Å². The molecule has 1 atom stereocenters. The van der Waals surface area contributed by atoms with E-state index < -0.39 is 33.7 Å². The van der Waals surface area contributed by atoms with Crippen LogP contribution in [-0.2, 0) is 34.0 Å². The molecule has 0 spiro atoms. The van der Waals surface area contributed by atoms with Gasteiger partial charge < -0.3 is 11.1 Å². The SMILES string of the molecule is Nc1ccc(CNC(=O)[C@@H]2Cc3ccccc3N2S(=O)(=O)c2ccc(-c3cccc(C(F)(F)F)c3)cc2)cc1. The normalized spacial score (nSPS) is 15.2. The van der Waals surface area contributed by atoms with Crippen LogP contribution < -0.4 is 15.4 Å². The largest absolute Gasteiger partial charge is 0.416 e. The van der Waals surface area contributed by atoms with Gasteiger partial charge in [-0.3, -0.25) is 9.10 Å². The minimum absolute atomic E-state index is 0.0775. The predicted octanol–water partition coefficient (Wildman–Crippen LogP) is 5.39. The Hall–Kier alpha value is -4.31. The maximum atomic E-state index is 13.8. The molecule has 4 aromatic carbocycles. The maximum Gasteiger partial charge on any atom is 0.416 e. The number of halogens is 3. The summed E-state index contributed by atoms with van der Waals surface area (Å²) in [5, 5.41) is 2.82. The molecule has 0 saturated heterocycles. The number of sulfonamides is 1. The Balaban J connectivity index is 1.43. The zero-order valence-electron chi connectivity index (χ0n) is 20.5. The van der Waals surface area contributed by atoms with Gasteiger partial charge in [-0.2, -0.15) is 13.2 Å². The fourth-order valence-electron chi connectivity index (χ4n) is 4.60. The number of carbonyl (C=O) groups excluding carboxylic acids is 1. The molecule has 4 aromatic rings. The Morgan fingerprint density at radius 2 is 1.59 bits per heavy atom. The van der Waals surface area contributed by atoms with Crippen LogP contribution in [0.5, 0.6) is 0 Å². The summed E-state index contributed by atoms with van der Waals surface area (Å²) in [5.74, 6) is -0.452. The van der Waals surface area contributed by atoms with Gasteiger partial charge in [-0.1, -0.05) is 54.6 Å². The molecule has 1 aliphatic heterocycles. The number of anilines is 2. The molecule has 1 heterocycles. The van der Waals surface area contributed by atoms with E-state index in [1.54, 1.807) is 48.5 Å². The topological polar surface area (TPSA) is 92.5 Å². The number of nitrogens with zero attached hydrogens (tertiary/aromatic N) is 1. The second kappa shape index (κ2) is 10.1. The number of alkyl halides is 3. The van der Waals surface area contributed by atoms with Crippen molar-refractivity contribution in [2.45, 2.75) is 30.1 Å². The van der Waals surface area contributed by atoms with Crippen molar-refractivity contribution in [1.29, 1.82) is 0 Å². The Bertz CT molecular complexity index is 1620. The molecular weight excluding hydrogens is 527 g/mol. The van der Waals surface area contributed by atoms with Crippen LogP contribution in [0.15, 0.2) is 102 Å². The van der Waals surface area contributed by atoms with E-state index in [2.05, 4.69) is 5.32 Å². The summed E-state index contributed by atoms with van der Waals surface area (Å²) in [4.78, 5) is 13.2. The number of amides is 1. The quantitative estimate of drug-likeness (QED) is 0.314. The van der Waals surface area contributed by atoms with Crippen molar-refractivity contribution in [1.82, 2.24) is 5.32 Å². The molecule has 0 fully saturated rings. The van der Waals surface area contributed by atoms with E-state index in [0.717, 1.165) is 22.0 Å². The highest BCUT2D eigenvalue weighted by molar-refractivity contribution is 7.93. The Morgan fingerprint density at radius 3 is 2.28 bits per heavy atom. The second-order valence-electron chi connectivity index (χ2n) is 9.21. The van der Waals surface area contributed by atoms with Crippen LogP contribution >= 0.6 is 0 Å².